The Labute approximate surface area is 166 Å². The fraction of sp³-hybridized carbons (Fsp3) is 0.300. The van der Waals surface area contributed by atoms with E-state index in [2.05, 4.69) is 20.8 Å². The van der Waals surface area contributed by atoms with E-state index >= 15 is 0 Å². The Balaban J connectivity index is 1.55. The number of nitrogens with zero attached hydrogens (tertiary/aromatic N) is 2. The molecule has 0 bridgehead atoms. The van der Waals surface area contributed by atoms with Crippen LogP contribution in [0.4, 0.5) is 15.8 Å². The molecule has 0 aliphatic heterocycles. The van der Waals surface area contributed by atoms with Gasteiger partial charge >= 0.3 is 0 Å². The monoisotopic (exact) mass is 400 g/mol. The summed E-state index contributed by atoms with van der Waals surface area (Å²) in [7, 11) is 0. The highest BCUT2D eigenvalue weighted by atomic mass is 19.1. The second-order valence-electron chi connectivity index (χ2n) is 6.40. The number of hydrogen-bond donors (Lipinski definition) is 2. The maximum atomic E-state index is 14.1. The van der Waals surface area contributed by atoms with Gasteiger partial charge in [-0.05, 0) is 37.6 Å². The van der Waals surface area contributed by atoms with Crippen molar-refractivity contribution in [1.82, 2.24) is 10.1 Å². The standard InChI is InChI=1S/C20H21FN4O4/c1-3-17-24-19(29-25-17)6-4-5-18(26)22-13-7-8-15(21)16(11-13)23-20(27)14-9-10-28-12(14)2/h7-11H,3-6H2,1-2H3,(H,22,26)(H,23,27). The van der Waals surface area contributed by atoms with Crippen LogP contribution in [-0.2, 0) is 17.6 Å². The lowest BCUT2D eigenvalue weighted by Gasteiger charge is -2.10. The van der Waals surface area contributed by atoms with E-state index in [-0.39, 0.29) is 18.0 Å². The summed E-state index contributed by atoms with van der Waals surface area (Å²) in [5.41, 5.74) is 0.652. The quantitative estimate of drug-likeness (QED) is 0.594. The minimum absolute atomic E-state index is 0.0358. The zero-order valence-corrected chi connectivity index (χ0v) is 16.1. The minimum Gasteiger partial charge on any atom is -0.469 e. The van der Waals surface area contributed by atoms with E-state index in [0.29, 0.717) is 48.0 Å². The molecule has 0 spiro atoms. The van der Waals surface area contributed by atoms with Crippen molar-refractivity contribution in [2.75, 3.05) is 10.6 Å². The summed E-state index contributed by atoms with van der Waals surface area (Å²) < 4.78 is 24.2. The SMILES string of the molecule is CCc1noc(CCCC(=O)Nc2ccc(F)c(NC(=O)c3ccoc3C)c2)n1. The van der Waals surface area contributed by atoms with Crippen molar-refractivity contribution in [2.24, 2.45) is 0 Å². The third-order valence-electron chi connectivity index (χ3n) is 4.22. The van der Waals surface area contributed by atoms with Crippen LogP contribution in [0.5, 0.6) is 0 Å². The summed E-state index contributed by atoms with van der Waals surface area (Å²) in [6.45, 7) is 3.57. The first-order valence-corrected chi connectivity index (χ1v) is 9.22. The molecule has 0 saturated heterocycles. The van der Waals surface area contributed by atoms with Crippen LogP contribution >= 0.6 is 0 Å². The van der Waals surface area contributed by atoms with Gasteiger partial charge in [-0.3, -0.25) is 9.59 Å². The van der Waals surface area contributed by atoms with Crippen molar-refractivity contribution in [2.45, 2.75) is 39.5 Å². The number of aromatic nitrogens is 2. The Hall–Kier alpha value is -3.49. The Kier molecular flexibility index (Phi) is 6.38. The molecule has 152 valence electrons. The second kappa shape index (κ2) is 9.13. The first kappa shape index (κ1) is 20.2. The van der Waals surface area contributed by atoms with Crippen molar-refractivity contribution in [3.8, 4) is 0 Å². The van der Waals surface area contributed by atoms with Crippen molar-refractivity contribution in [3.63, 3.8) is 0 Å². The summed E-state index contributed by atoms with van der Waals surface area (Å²) in [5, 5.41) is 8.98. The molecule has 0 aliphatic rings. The van der Waals surface area contributed by atoms with Crippen LogP contribution in [0.1, 0.15) is 47.6 Å². The lowest BCUT2D eigenvalue weighted by Crippen LogP contribution is -2.15. The molecule has 1 aromatic carbocycles. The fourth-order valence-corrected chi connectivity index (χ4v) is 2.67. The van der Waals surface area contributed by atoms with Gasteiger partial charge in [-0.15, -0.1) is 0 Å². The number of benzene rings is 1. The molecule has 3 aromatic rings. The summed E-state index contributed by atoms with van der Waals surface area (Å²) >= 11 is 0. The number of hydrogen-bond acceptors (Lipinski definition) is 6. The number of halogens is 1. The maximum Gasteiger partial charge on any atom is 0.259 e. The highest BCUT2D eigenvalue weighted by molar-refractivity contribution is 6.05. The molecule has 3 rings (SSSR count). The van der Waals surface area contributed by atoms with E-state index in [4.69, 9.17) is 8.94 Å². The molecule has 0 saturated carbocycles. The number of amides is 2. The molecular weight excluding hydrogens is 379 g/mol. The third-order valence-corrected chi connectivity index (χ3v) is 4.22. The first-order valence-electron chi connectivity index (χ1n) is 9.22. The topological polar surface area (TPSA) is 110 Å². The Morgan fingerprint density at radius 3 is 2.72 bits per heavy atom. The summed E-state index contributed by atoms with van der Waals surface area (Å²) in [6, 6.07) is 5.48. The molecule has 0 fully saturated rings. The van der Waals surface area contributed by atoms with Gasteiger partial charge in [0.2, 0.25) is 11.8 Å². The van der Waals surface area contributed by atoms with Gasteiger partial charge in [0.25, 0.3) is 5.91 Å². The largest absolute Gasteiger partial charge is 0.469 e. The van der Waals surface area contributed by atoms with E-state index in [1.165, 1.54) is 30.5 Å². The molecule has 9 heteroatoms. The van der Waals surface area contributed by atoms with Gasteiger partial charge in [0.05, 0.1) is 17.5 Å². The van der Waals surface area contributed by atoms with E-state index in [1.807, 2.05) is 6.92 Å². The zero-order valence-electron chi connectivity index (χ0n) is 16.1. The van der Waals surface area contributed by atoms with E-state index < -0.39 is 11.7 Å². The van der Waals surface area contributed by atoms with Gasteiger partial charge < -0.3 is 19.6 Å². The lowest BCUT2D eigenvalue weighted by atomic mass is 10.2. The number of aryl methyl sites for hydroxylation is 3. The van der Waals surface area contributed by atoms with Gasteiger partial charge in [0.15, 0.2) is 5.82 Å². The van der Waals surface area contributed by atoms with Crippen LogP contribution < -0.4 is 10.6 Å². The van der Waals surface area contributed by atoms with E-state index in [0.717, 1.165) is 0 Å². The number of rotatable bonds is 8. The fourth-order valence-electron chi connectivity index (χ4n) is 2.67. The molecule has 29 heavy (non-hydrogen) atoms. The predicted molar refractivity (Wildman–Crippen MR) is 103 cm³/mol. The summed E-state index contributed by atoms with van der Waals surface area (Å²) in [4.78, 5) is 28.6. The van der Waals surface area contributed by atoms with Crippen molar-refractivity contribution < 1.29 is 22.9 Å². The Bertz CT molecular complexity index is 1010. The normalized spacial score (nSPS) is 10.7. The van der Waals surface area contributed by atoms with Gasteiger partial charge in [-0.1, -0.05) is 12.1 Å². The molecule has 0 radical (unpaired) electrons. The van der Waals surface area contributed by atoms with Gasteiger partial charge in [-0.2, -0.15) is 4.98 Å². The lowest BCUT2D eigenvalue weighted by molar-refractivity contribution is -0.116. The molecule has 2 amide bonds. The summed E-state index contributed by atoms with van der Waals surface area (Å²) in [5.74, 6) is 0.214. The molecule has 2 aromatic heterocycles. The van der Waals surface area contributed by atoms with Crippen LogP contribution in [0.15, 0.2) is 39.5 Å². The second-order valence-corrected chi connectivity index (χ2v) is 6.40. The minimum atomic E-state index is -0.611. The Morgan fingerprint density at radius 1 is 1.21 bits per heavy atom. The number of nitrogens with one attached hydrogen (secondary N) is 2. The molecule has 8 nitrogen and oxygen atoms in total. The average molecular weight is 400 g/mol. The Morgan fingerprint density at radius 2 is 2.03 bits per heavy atom. The predicted octanol–water partition coefficient (Wildman–Crippen LogP) is 3.89. The molecule has 0 unspecified atom stereocenters. The third kappa shape index (κ3) is 5.28. The molecule has 2 N–H and O–H groups in total. The highest BCUT2D eigenvalue weighted by Gasteiger charge is 2.15. The first-order chi connectivity index (χ1) is 14.0. The van der Waals surface area contributed by atoms with Crippen molar-refractivity contribution in [3.05, 3.63) is 59.4 Å². The summed E-state index contributed by atoms with van der Waals surface area (Å²) in [6.07, 6.45) is 3.33. The van der Waals surface area contributed by atoms with Gasteiger partial charge in [0.1, 0.15) is 11.6 Å². The number of carbonyl (C=O) groups excluding carboxylic acids is 2. The number of furan rings is 1. The molecule has 2 heterocycles. The van der Waals surface area contributed by atoms with Gasteiger partial charge in [0, 0.05) is 24.9 Å². The van der Waals surface area contributed by atoms with Crippen LogP contribution in [-0.4, -0.2) is 22.0 Å². The zero-order chi connectivity index (χ0) is 20.8. The van der Waals surface area contributed by atoms with Crippen LogP contribution in [0.3, 0.4) is 0 Å². The van der Waals surface area contributed by atoms with Crippen LogP contribution in [0.2, 0.25) is 0 Å². The van der Waals surface area contributed by atoms with Gasteiger partial charge in [-0.25, -0.2) is 4.39 Å². The van der Waals surface area contributed by atoms with E-state index in [1.54, 1.807) is 6.92 Å². The number of anilines is 2. The van der Waals surface area contributed by atoms with E-state index in [9.17, 15) is 14.0 Å². The van der Waals surface area contributed by atoms with Crippen molar-refractivity contribution in [1.29, 1.82) is 0 Å². The van der Waals surface area contributed by atoms with Crippen molar-refractivity contribution >= 4 is 23.2 Å². The smallest absolute Gasteiger partial charge is 0.259 e. The average Bonchev–Trinajstić information content (AvgIpc) is 3.33. The molecule has 0 atom stereocenters. The molecule has 0 aliphatic carbocycles. The van der Waals surface area contributed by atoms with Crippen LogP contribution in [0, 0.1) is 12.7 Å². The highest BCUT2D eigenvalue weighted by Crippen LogP contribution is 2.21. The number of carbonyl (C=O) groups is 2. The molecular formula is C20H21FN4O4. The van der Waals surface area contributed by atoms with Crippen LogP contribution in [0.25, 0.3) is 0 Å². The maximum absolute atomic E-state index is 14.1.